The van der Waals surface area contributed by atoms with E-state index in [4.69, 9.17) is 9.47 Å². The number of ether oxygens (including phenoxy) is 2. The van der Waals surface area contributed by atoms with Gasteiger partial charge in [0.15, 0.2) is 5.92 Å². The van der Waals surface area contributed by atoms with Crippen LogP contribution >= 0.6 is 0 Å². The Morgan fingerprint density at radius 3 is 2.35 bits per heavy atom. The van der Waals surface area contributed by atoms with Crippen LogP contribution in [0.3, 0.4) is 0 Å². The van der Waals surface area contributed by atoms with Gasteiger partial charge < -0.3 is 14.5 Å². The van der Waals surface area contributed by atoms with Crippen molar-refractivity contribution in [1.82, 2.24) is 4.98 Å². The number of aryl methyl sites for hydroxylation is 1. The van der Waals surface area contributed by atoms with E-state index in [9.17, 15) is 9.59 Å². The van der Waals surface area contributed by atoms with Crippen LogP contribution in [-0.2, 0) is 25.5 Å². The zero-order chi connectivity index (χ0) is 16.7. The molecule has 0 atom stereocenters. The quantitative estimate of drug-likeness (QED) is 0.599. The number of esters is 2. The molecular formula is C18H23NO4. The minimum absolute atomic E-state index is 0.261. The second-order valence-electron chi connectivity index (χ2n) is 5.33. The van der Waals surface area contributed by atoms with E-state index in [1.54, 1.807) is 13.8 Å². The van der Waals surface area contributed by atoms with Gasteiger partial charge in [-0.25, -0.2) is 0 Å². The molecule has 1 aromatic carbocycles. The highest BCUT2D eigenvalue weighted by Crippen LogP contribution is 2.18. The minimum Gasteiger partial charge on any atom is -0.465 e. The lowest BCUT2D eigenvalue weighted by molar-refractivity contribution is -0.161. The Labute approximate surface area is 136 Å². The fourth-order valence-electron chi connectivity index (χ4n) is 2.58. The van der Waals surface area contributed by atoms with Crippen molar-refractivity contribution in [3.8, 4) is 0 Å². The Kier molecular flexibility index (Phi) is 6.20. The molecule has 0 bridgehead atoms. The van der Waals surface area contributed by atoms with Gasteiger partial charge in [-0.15, -0.1) is 0 Å². The zero-order valence-electron chi connectivity index (χ0n) is 13.6. The molecule has 0 amide bonds. The summed E-state index contributed by atoms with van der Waals surface area (Å²) in [6.45, 7) is 3.97. The Balaban J connectivity index is 1.94. The SMILES string of the molecule is CCOC(=O)C(CCCc1cc2ccccc2[nH]1)C(=O)OCC. The molecule has 1 aromatic heterocycles. The number of aromatic nitrogens is 1. The number of carbonyl (C=O) groups excluding carboxylic acids is 2. The molecule has 0 saturated heterocycles. The van der Waals surface area contributed by atoms with Gasteiger partial charge in [0, 0.05) is 11.2 Å². The number of hydrogen-bond acceptors (Lipinski definition) is 4. The lowest BCUT2D eigenvalue weighted by Crippen LogP contribution is -2.28. The number of H-pyrrole nitrogens is 1. The maximum atomic E-state index is 11.9. The molecule has 0 aliphatic rings. The monoisotopic (exact) mass is 317 g/mol. The van der Waals surface area contributed by atoms with Crippen LogP contribution in [0.5, 0.6) is 0 Å². The van der Waals surface area contributed by atoms with Gasteiger partial charge in [-0.1, -0.05) is 18.2 Å². The Morgan fingerprint density at radius 2 is 1.74 bits per heavy atom. The van der Waals surface area contributed by atoms with Gasteiger partial charge in [-0.05, 0) is 50.6 Å². The minimum atomic E-state index is -0.834. The molecule has 0 unspecified atom stereocenters. The first-order valence-corrected chi connectivity index (χ1v) is 8.05. The fourth-order valence-corrected chi connectivity index (χ4v) is 2.58. The van der Waals surface area contributed by atoms with E-state index in [-0.39, 0.29) is 13.2 Å². The maximum absolute atomic E-state index is 11.9. The summed E-state index contributed by atoms with van der Waals surface area (Å²) in [6, 6.07) is 10.2. The van der Waals surface area contributed by atoms with Crippen LogP contribution < -0.4 is 0 Å². The predicted molar refractivity (Wildman–Crippen MR) is 88.0 cm³/mol. The highest BCUT2D eigenvalue weighted by atomic mass is 16.6. The second-order valence-corrected chi connectivity index (χ2v) is 5.33. The molecule has 2 rings (SSSR count). The van der Waals surface area contributed by atoms with Crippen molar-refractivity contribution in [2.24, 2.45) is 5.92 Å². The summed E-state index contributed by atoms with van der Waals surface area (Å²) >= 11 is 0. The topological polar surface area (TPSA) is 68.4 Å². The first-order valence-electron chi connectivity index (χ1n) is 8.05. The molecule has 1 heterocycles. The highest BCUT2D eigenvalue weighted by molar-refractivity contribution is 5.94. The van der Waals surface area contributed by atoms with Gasteiger partial charge in [0.25, 0.3) is 0 Å². The third-order valence-electron chi connectivity index (χ3n) is 3.67. The number of para-hydroxylation sites is 1. The lowest BCUT2D eigenvalue weighted by Gasteiger charge is -2.13. The van der Waals surface area contributed by atoms with E-state index in [0.717, 1.165) is 23.0 Å². The van der Waals surface area contributed by atoms with Crippen LogP contribution in [-0.4, -0.2) is 30.1 Å². The molecule has 0 radical (unpaired) electrons. The number of rotatable bonds is 8. The molecular weight excluding hydrogens is 294 g/mol. The van der Waals surface area contributed by atoms with Gasteiger partial charge in [0.05, 0.1) is 13.2 Å². The number of nitrogens with one attached hydrogen (secondary N) is 1. The summed E-state index contributed by atoms with van der Waals surface area (Å²) in [7, 11) is 0. The smallest absolute Gasteiger partial charge is 0.320 e. The van der Waals surface area contributed by atoms with Crippen LogP contribution in [0.1, 0.15) is 32.4 Å². The van der Waals surface area contributed by atoms with E-state index >= 15 is 0 Å². The van der Waals surface area contributed by atoms with E-state index in [0.29, 0.717) is 12.8 Å². The standard InChI is InChI=1S/C18H23NO4/c1-3-22-17(20)15(18(21)23-4-2)10-7-9-14-12-13-8-5-6-11-16(13)19-14/h5-6,8,11-12,15,19H,3-4,7,9-10H2,1-2H3. The van der Waals surface area contributed by atoms with Crippen molar-refractivity contribution in [3.05, 3.63) is 36.0 Å². The van der Waals surface area contributed by atoms with Crippen molar-refractivity contribution in [1.29, 1.82) is 0 Å². The predicted octanol–water partition coefficient (Wildman–Crippen LogP) is 3.23. The third kappa shape index (κ3) is 4.58. The van der Waals surface area contributed by atoms with E-state index in [2.05, 4.69) is 17.1 Å². The molecule has 0 fully saturated rings. The summed E-state index contributed by atoms with van der Waals surface area (Å²) in [5.41, 5.74) is 2.19. The molecule has 0 spiro atoms. The molecule has 0 aliphatic heterocycles. The summed E-state index contributed by atoms with van der Waals surface area (Å²) in [6.07, 6.45) is 1.89. The normalized spacial score (nSPS) is 10.9. The Bertz CT molecular complexity index is 611. The lowest BCUT2D eigenvalue weighted by atomic mass is 10.0. The van der Waals surface area contributed by atoms with Crippen LogP contribution in [0.4, 0.5) is 0 Å². The van der Waals surface area contributed by atoms with Crippen molar-refractivity contribution in [2.45, 2.75) is 33.1 Å². The zero-order valence-corrected chi connectivity index (χ0v) is 13.6. The van der Waals surface area contributed by atoms with Crippen molar-refractivity contribution < 1.29 is 19.1 Å². The third-order valence-corrected chi connectivity index (χ3v) is 3.67. The fraction of sp³-hybridized carbons (Fsp3) is 0.444. The molecule has 0 aliphatic carbocycles. The van der Waals surface area contributed by atoms with Crippen LogP contribution in [0, 0.1) is 5.92 Å². The first kappa shape index (κ1) is 17.1. The molecule has 124 valence electrons. The van der Waals surface area contributed by atoms with Crippen molar-refractivity contribution in [3.63, 3.8) is 0 Å². The van der Waals surface area contributed by atoms with Crippen LogP contribution in [0.2, 0.25) is 0 Å². The second kappa shape index (κ2) is 8.36. The van der Waals surface area contributed by atoms with Gasteiger partial charge >= 0.3 is 11.9 Å². The molecule has 5 heteroatoms. The van der Waals surface area contributed by atoms with Crippen LogP contribution in [0.25, 0.3) is 10.9 Å². The number of benzene rings is 1. The summed E-state index contributed by atoms with van der Waals surface area (Å²) in [5.74, 6) is -1.83. The Hall–Kier alpha value is -2.30. The maximum Gasteiger partial charge on any atom is 0.320 e. The number of fused-ring (bicyclic) bond motifs is 1. The summed E-state index contributed by atoms with van der Waals surface area (Å²) in [4.78, 5) is 27.2. The molecule has 23 heavy (non-hydrogen) atoms. The molecule has 0 saturated carbocycles. The number of aromatic amines is 1. The summed E-state index contributed by atoms with van der Waals surface area (Å²) < 4.78 is 9.95. The summed E-state index contributed by atoms with van der Waals surface area (Å²) in [5, 5.41) is 1.16. The van der Waals surface area contributed by atoms with Crippen molar-refractivity contribution >= 4 is 22.8 Å². The van der Waals surface area contributed by atoms with E-state index in [1.165, 1.54) is 0 Å². The van der Waals surface area contributed by atoms with Crippen molar-refractivity contribution in [2.75, 3.05) is 13.2 Å². The molecule has 1 N–H and O–H groups in total. The number of carbonyl (C=O) groups is 2. The van der Waals surface area contributed by atoms with E-state index < -0.39 is 17.9 Å². The number of hydrogen-bond donors (Lipinski definition) is 1. The largest absolute Gasteiger partial charge is 0.465 e. The average molecular weight is 317 g/mol. The van der Waals surface area contributed by atoms with Gasteiger partial charge in [-0.2, -0.15) is 0 Å². The first-order chi connectivity index (χ1) is 11.2. The Morgan fingerprint density at radius 1 is 1.09 bits per heavy atom. The van der Waals surface area contributed by atoms with E-state index in [1.807, 2.05) is 18.2 Å². The van der Waals surface area contributed by atoms with Crippen LogP contribution in [0.15, 0.2) is 30.3 Å². The molecule has 5 nitrogen and oxygen atoms in total. The molecule has 2 aromatic rings. The van der Waals surface area contributed by atoms with Gasteiger partial charge in [-0.3, -0.25) is 9.59 Å². The van der Waals surface area contributed by atoms with Gasteiger partial charge in [0.1, 0.15) is 0 Å². The average Bonchev–Trinajstić information content (AvgIpc) is 2.94. The van der Waals surface area contributed by atoms with Gasteiger partial charge in [0.2, 0.25) is 0 Å². The highest BCUT2D eigenvalue weighted by Gasteiger charge is 2.28.